The van der Waals surface area contributed by atoms with Crippen molar-refractivity contribution in [1.29, 1.82) is 0 Å². The summed E-state index contributed by atoms with van der Waals surface area (Å²) in [6, 6.07) is 10.4. The number of aromatic nitrogens is 1. The normalized spacial score (nSPS) is 15.0. The number of benzene rings is 2. The number of halogens is 2. The van der Waals surface area contributed by atoms with Gasteiger partial charge in [0, 0.05) is 17.7 Å². The van der Waals surface area contributed by atoms with Crippen molar-refractivity contribution < 1.29 is 24.0 Å². The zero-order chi connectivity index (χ0) is 29.6. The number of nitro benzene ring substituents is 1. The third-order valence-electron chi connectivity index (χ3n) is 6.45. The van der Waals surface area contributed by atoms with E-state index in [9.17, 15) is 24.8 Å². The standard InChI is InChI=1S/C28H21I2N3O7S/c1-4-39-27(36)23-14(3)31-28-32(26(35)22(41-28)11-15-9-18(29)25(34)19(30)10-15)24(23)21-8-7-20(40-21)17-12-16(33(37)38)6-5-13(17)2/h5-12,24,34H,4H2,1-3H3/b22-11-/t24-/m1/s1. The minimum atomic E-state index is -0.972. The van der Waals surface area contributed by atoms with Crippen LogP contribution in [0.15, 0.2) is 67.9 Å². The number of phenols is 1. The van der Waals surface area contributed by atoms with E-state index in [-0.39, 0.29) is 34.9 Å². The van der Waals surface area contributed by atoms with Gasteiger partial charge in [-0.25, -0.2) is 9.79 Å². The summed E-state index contributed by atoms with van der Waals surface area (Å²) in [5, 5.41) is 21.5. The van der Waals surface area contributed by atoms with Crippen LogP contribution in [0.1, 0.15) is 36.8 Å². The molecule has 210 valence electrons. The summed E-state index contributed by atoms with van der Waals surface area (Å²) in [6.07, 6.45) is 1.72. The van der Waals surface area contributed by atoms with Crippen LogP contribution in [0, 0.1) is 24.2 Å². The summed E-state index contributed by atoms with van der Waals surface area (Å²) < 4.78 is 14.6. The molecule has 0 spiro atoms. The van der Waals surface area contributed by atoms with E-state index in [4.69, 9.17) is 9.15 Å². The van der Waals surface area contributed by atoms with Gasteiger partial charge in [-0.15, -0.1) is 0 Å². The number of hydrogen-bond acceptors (Lipinski definition) is 9. The average molecular weight is 797 g/mol. The highest BCUT2D eigenvalue weighted by Gasteiger charge is 2.35. The molecule has 0 saturated heterocycles. The largest absolute Gasteiger partial charge is 0.506 e. The Hall–Kier alpha value is -3.31. The molecular weight excluding hydrogens is 776 g/mol. The number of aromatic hydroxyl groups is 1. The number of ether oxygens (including phenoxy) is 1. The lowest BCUT2D eigenvalue weighted by Gasteiger charge is -2.22. The number of aryl methyl sites for hydroxylation is 1. The van der Waals surface area contributed by atoms with Crippen molar-refractivity contribution in [3.63, 3.8) is 0 Å². The van der Waals surface area contributed by atoms with Gasteiger partial charge in [0.15, 0.2) is 4.80 Å². The third-order valence-corrected chi connectivity index (χ3v) is 9.08. The minimum absolute atomic E-state index is 0.0851. The number of carbonyl (C=O) groups is 1. The summed E-state index contributed by atoms with van der Waals surface area (Å²) in [5.41, 5.74) is 2.09. The zero-order valence-corrected chi connectivity index (χ0v) is 26.9. The Morgan fingerprint density at radius 1 is 1.22 bits per heavy atom. The zero-order valence-electron chi connectivity index (χ0n) is 21.8. The molecule has 1 aliphatic rings. The molecule has 1 atom stereocenters. The Morgan fingerprint density at radius 2 is 1.93 bits per heavy atom. The van der Waals surface area contributed by atoms with Crippen molar-refractivity contribution >= 4 is 74.3 Å². The van der Waals surface area contributed by atoms with Gasteiger partial charge in [0.05, 0.1) is 34.5 Å². The molecule has 2 aromatic carbocycles. The Bertz CT molecular complexity index is 1930. The van der Waals surface area contributed by atoms with Crippen LogP contribution in [-0.2, 0) is 9.53 Å². The number of furan rings is 1. The number of rotatable bonds is 6. The van der Waals surface area contributed by atoms with Crippen LogP contribution in [-0.4, -0.2) is 27.2 Å². The van der Waals surface area contributed by atoms with Gasteiger partial charge in [-0.05, 0) is 107 Å². The number of nitrogens with zero attached hydrogens (tertiary/aromatic N) is 3. The maximum absolute atomic E-state index is 13.9. The summed E-state index contributed by atoms with van der Waals surface area (Å²) >= 11 is 5.23. The second-order valence-corrected chi connectivity index (χ2v) is 12.4. The molecule has 2 aromatic heterocycles. The molecule has 4 aromatic rings. The molecule has 0 radical (unpaired) electrons. The predicted octanol–water partition coefficient (Wildman–Crippen LogP) is 5.19. The van der Waals surface area contributed by atoms with E-state index >= 15 is 0 Å². The number of allylic oxidation sites excluding steroid dienone is 1. The second-order valence-electron chi connectivity index (χ2n) is 9.09. The van der Waals surface area contributed by atoms with Gasteiger partial charge >= 0.3 is 5.97 Å². The second kappa shape index (κ2) is 11.5. The number of phenolic OH excluding ortho intramolecular Hbond substituents is 1. The van der Waals surface area contributed by atoms with Crippen molar-refractivity contribution in [2.24, 2.45) is 4.99 Å². The number of thiazole rings is 1. The van der Waals surface area contributed by atoms with Gasteiger partial charge in [0.1, 0.15) is 23.3 Å². The molecule has 5 rings (SSSR count). The van der Waals surface area contributed by atoms with E-state index in [1.54, 1.807) is 50.3 Å². The Morgan fingerprint density at radius 3 is 2.59 bits per heavy atom. The molecular formula is C28H21I2N3O7S. The molecule has 13 heteroatoms. The monoisotopic (exact) mass is 797 g/mol. The third kappa shape index (κ3) is 5.49. The number of nitro groups is 1. The quantitative estimate of drug-likeness (QED) is 0.123. The minimum Gasteiger partial charge on any atom is -0.506 e. The van der Waals surface area contributed by atoms with Gasteiger partial charge in [0.2, 0.25) is 0 Å². The van der Waals surface area contributed by atoms with Crippen LogP contribution in [0.4, 0.5) is 5.69 Å². The van der Waals surface area contributed by atoms with Crippen LogP contribution < -0.4 is 14.9 Å². The molecule has 1 N–H and O–H groups in total. The maximum Gasteiger partial charge on any atom is 0.338 e. The van der Waals surface area contributed by atoms with E-state index in [0.717, 1.165) is 11.1 Å². The lowest BCUT2D eigenvalue weighted by atomic mass is 10.0. The lowest BCUT2D eigenvalue weighted by Crippen LogP contribution is -2.39. The molecule has 1 aliphatic heterocycles. The molecule has 10 nitrogen and oxygen atoms in total. The van der Waals surface area contributed by atoms with Crippen LogP contribution in [0.5, 0.6) is 5.75 Å². The maximum atomic E-state index is 13.9. The topological polar surface area (TPSA) is 137 Å². The highest BCUT2D eigenvalue weighted by atomic mass is 127. The fourth-order valence-corrected chi connectivity index (χ4v) is 7.38. The van der Waals surface area contributed by atoms with Crippen LogP contribution in [0.3, 0.4) is 0 Å². The number of hydrogen-bond donors (Lipinski definition) is 1. The van der Waals surface area contributed by atoms with Crippen LogP contribution in [0.25, 0.3) is 17.4 Å². The van der Waals surface area contributed by atoms with Gasteiger partial charge in [-0.2, -0.15) is 0 Å². The molecule has 0 amide bonds. The summed E-state index contributed by atoms with van der Waals surface area (Å²) in [4.78, 5) is 42.9. The molecule has 0 saturated carbocycles. The fraction of sp³-hybridized carbons (Fsp3) is 0.179. The molecule has 3 heterocycles. The summed E-state index contributed by atoms with van der Waals surface area (Å²) in [5.74, 6) is 0.186. The highest BCUT2D eigenvalue weighted by Crippen LogP contribution is 2.36. The highest BCUT2D eigenvalue weighted by molar-refractivity contribution is 14.1. The van der Waals surface area contributed by atoms with Gasteiger partial charge < -0.3 is 14.3 Å². The SMILES string of the molecule is CCOC(=O)C1=C(C)N=c2s/c(=C\c3cc(I)c(O)c(I)c3)c(=O)n2[C@@H]1c1ccc(-c2cc([N+](=O)[O-])ccc2C)o1. The molecule has 41 heavy (non-hydrogen) atoms. The smallest absolute Gasteiger partial charge is 0.338 e. The molecule has 0 bridgehead atoms. The van der Waals surface area contributed by atoms with Crippen LogP contribution in [0.2, 0.25) is 0 Å². The summed E-state index contributed by atoms with van der Waals surface area (Å²) in [7, 11) is 0. The Balaban J connectivity index is 1.70. The van der Waals surface area contributed by atoms with E-state index < -0.39 is 16.9 Å². The fourth-order valence-electron chi connectivity index (χ4n) is 4.51. The van der Waals surface area contributed by atoms with Crippen molar-refractivity contribution in [2.45, 2.75) is 26.8 Å². The van der Waals surface area contributed by atoms with E-state index in [0.29, 0.717) is 33.5 Å². The van der Waals surface area contributed by atoms with Crippen molar-refractivity contribution in [3.8, 4) is 17.1 Å². The number of non-ortho nitro benzene ring substituents is 1. The van der Waals surface area contributed by atoms with Crippen molar-refractivity contribution in [1.82, 2.24) is 4.57 Å². The first-order valence-corrected chi connectivity index (χ1v) is 15.2. The van der Waals surface area contributed by atoms with Crippen molar-refractivity contribution in [3.05, 3.63) is 108 Å². The van der Waals surface area contributed by atoms with E-state index in [1.165, 1.54) is 28.0 Å². The van der Waals surface area contributed by atoms with Crippen molar-refractivity contribution in [2.75, 3.05) is 6.61 Å². The first-order valence-electron chi connectivity index (χ1n) is 12.2. The van der Waals surface area contributed by atoms with Gasteiger partial charge in [-0.3, -0.25) is 19.5 Å². The first-order chi connectivity index (χ1) is 19.5. The van der Waals surface area contributed by atoms with Gasteiger partial charge in [0.25, 0.3) is 11.2 Å². The molecule has 0 fully saturated rings. The lowest BCUT2D eigenvalue weighted by molar-refractivity contribution is -0.384. The van der Waals surface area contributed by atoms with E-state index in [1.807, 2.05) is 52.1 Å². The van der Waals surface area contributed by atoms with Gasteiger partial charge in [-0.1, -0.05) is 17.4 Å². The average Bonchev–Trinajstić information content (AvgIpc) is 3.51. The molecule has 0 unspecified atom stereocenters. The summed E-state index contributed by atoms with van der Waals surface area (Å²) in [6.45, 7) is 5.30. The number of esters is 1. The number of fused-ring (bicyclic) bond motifs is 1. The Kier molecular flexibility index (Phi) is 8.20. The predicted molar refractivity (Wildman–Crippen MR) is 169 cm³/mol. The molecule has 0 aliphatic carbocycles. The number of carbonyl (C=O) groups excluding carboxylic acids is 1. The first kappa shape index (κ1) is 29.2. The van der Waals surface area contributed by atoms with Crippen LogP contribution >= 0.6 is 56.5 Å². The Labute approximate surface area is 264 Å². The van der Waals surface area contributed by atoms with E-state index in [2.05, 4.69) is 4.99 Å².